The summed E-state index contributed by atoms with van der Waals surface area (Å²) >= 11 is 0. The van der Waals surface area contributed by atoms with Crippen molar-refractivity contribution in [2.75, 3.05) is 18.5 Å². The molecule has 0 aliphatic heterocycles. The second-order valence-corrected chi connectivity index (χ2v) is 5.32. The van der Waals surface area contributed by atoms with Crippen molar-refractivity contribution in [3.63, 3.8) is 0 Å². The van der Waals surface area contributed by atoms with Crippen LogP contribution in [0.3, 0.4) is 0 Å². The maximum absolute atomic E-state index is 12.4. The summed E-state index contributed by atoms with van der Waals surface area (Å²) < 4.78 is 0. The lowest BCUT2D eigenvalue weighted by Gasteiger charge is -2.22. The summed E-state index contributed by atoms with van der Waals surface area (Å²) in [4.78, 5) is 24.3. The number of nitrogens with zero attached hydrogens (tertiary/aromatic N) is 2. The minimum Gasteiger partial charge on any atom is -0.395 e. The van der Waals surface area contributed by atoms with Crippen LogP contribution in [0.25, 0.3) is 0 Å². The molecule has 0 fully saturated rings. The molecular formula is C17H19N3O4. The normalized spacial score (nSPS) is 10.2. The fourth-order valence-electron chi connectivity index (χ4n) is 2.32. The highest BCUT2D eigenvalue weighted by molar-refractivity contribution is 5.89. The first kappa shape index (κ1) is 17.4. The van der Waals surface area contributed by atoms with Gasteiger partial charge in [-0.1, -0.05) is 30.3 Å². The SMILES string of the molecule is Cc1cc(NC(=O)N(CCO)Cc2ccccc2)ccc1[N+](=O)[O-]. The van der Waals surface area contributed by atoms with E-state index in [1.165, 1.54) is 17.0 Å². The summed E-state index contributed by atoms with van der Waals surface area (Å²) in [6.45, 7) is 2.01. The summed E-state index contributed by atoms with van der Waals surface area (Å²) in [6.07, 6.45) is 0. The molecule has 2 N–H and O–H groups in total. The van der Waals surface area contributed by atoms with Gasteiger partial charge in [0.25, 0.3) is 5.69 Å². The zero-order chi connectivity index (χ0) is 17.5. The minimum atomic E-state index is -0.464. The predicted molar refractivity (Wildman–Crippen MR) is 90.8 cm³/mol. The number of nitrogens with one attached hydrogen (secondary N) is 1. The summed E-state index contributed by atoms with van der Waals surface area (Å²) in [6, 6.07) is 13.5. The molecule has 2 aromatic rings. The van der Waals surface area contributed by atoms with E-state index in [0.717, 1.165) is 5.56 Å². The van der Waals surface area contributed by atoms with E-state index in [1.807, 2.05) is 30.3 Å². The molecule has 0 aromatic heterocycles. The molecule has 0 aliphatic rings. The lowest BCUT2D eigenvalue weighted by Crippen LogP contribution is -2.36. The summed E-state index contributed by atoms with van der Waals surface area (Å²) in [5.41, 5.74) is 1.89. The third kappa shape index (κ3) is 4.53. The van der Waals surface area contributed by atoms with Crippen molar-refractivity contribution in [3.8, 4) is 0 Å². The van der Waals surface area contributed by atoms with Gasteiger partial charge in [0.05, 0.1) is 11.5 Å². The van der Waals surface area contributed by atoms with Gasteiger partial charge in [0.15, 0.2) is 0 Å². The summed E-state index contributed by atoms with van der Waals surface area (Å²) in [7, 11) is 0. The fraction of sp³-hybridized carbons (Fsp3) is 0.235. The second-order valence-electron chi connectivity index (χ2n) is 5.32. The molecule has 0 radical (unpaired) electrons. The molecule has 7 nitrogen and oxygen atoms in total. The fourth-order valence-corrected chi connectivity index (χ4v) is 2.32. The first-order valence-electron chi connectivity index (χ1n) is 7.47. The number of carbonyl (C=O) groups excluding carboxylic acids is 1. The van der Waals surface area contributed by atoms with Gasteiger partial charge < -0.3 is 15.3 Å². The van der Waals surface area contributed by atoms with Crippen LogP contribution in [0, 0.1) is 17.0 Å². The quantitative estimate of drug-likeness (QED) is 0.629. The number of aliphatic hydroxyl groups is 1. The monoisotopic (exact) mass is 329 g/mol. The molecular weight excluding hydrogens is 310 g/mol. The molecule has 2 amide bonds. The van der Waals surface area contributed by atoms with Gasteiger partial charge in [0.1, 0.15) is 0 Å². The second kappa shape index (κ2) is 8.07. The molecule has 0 aliphatic carbocycles. The molecule has 0 spiro atoms. The topological polar surface area (TPSA) is 95.7 Å². The first-order valence-corrected chi connectivity index (χ1v) is 7.47. The van der Waals surface area contributed by atoms with Crippen molar-refractivity contribution in [1.29, 1.82) is 0 Å². The highest BCUT2D eigenvalue weighted by Crippen LogP contribution is 2.22. The standard InChI is InChI=1S/C17H19N3O4/c1-13-11-15(7-8-16(13)20(23)24)18-17(22)19(9-10-21)12-14-5-3-2-4-6-14/h2-8,11,21H,9-10,12H2,1H3,(H,18,22). The Bertz CT molecular complexity index is 719. The van der Waals surface area contributed by atoms with Gasteiger partial charge in [0, 0.05) is 30.4 Å². The van der Waals surface area contributed by atoms with E-state index in [0.29, 0.717) is 17.8 Å². The van der Waals surface area contributed by atoms with Gasteiger partial charge in [-0.25, -0.2) is 4.79 Å². The van der Waals surface area contributed by atoms with E-state index in [4.69, 9.17) is 0 Å². The number of rotatable bonds is 6. The zero-order valence-electron chi connectivity index (χ0n) is 13.3. The first-order chi connectivity index (χ1) is 11.5. The largest absolute Gasteiger partial charge is 0.395 e. The van der Waals surface area contributed by atoms with E-state index in [1.54, 1.807) is 13.0 Å². The van der Waals surface area contributed by atoms with Gasteiger partial charge in [-0.3, -0.25) is 10.1 Å². The molecule has 7 heteroatoms. The van der Waals surface area contributed by atoms with E-state index in [2.05, 4.69) is 5.32 Å². The Kier molecular flexibility index (Phi) is 5.86. The van der Waals surface area contributed by atoms with Gasteiger partial charge in [0.2, 0.25) is 0 Å². The third-order valence-electron chi connectivity index (χ3n) is 3.52. The van der Waals surface area contributed by atoms with Crippen LogP contribution in [-0.2, 0) is 6.54 Å². The molecule has 2 aromatic carbocycles. The number of nitro groups is 1. The number of benzene rings is 2. The Hall–Kier alpha value is -2.93. The Labute approximate surface area is 139 Å². The Balaban J connectivity index is 2.10. The van der Waals surface area contributed by atoms with E-state index >= 15 is 0 Å². The van der Waals surface area contributed by atoms with Crippen molar-refractivity contribution in [2.24, 2.45) is 0 Å². The minimum absolute atomic E-state index is 0.00417. The number of nitro benzene ring substituents is 1. The highest BCUT2D eigenvalue weighted by atomic mass is 16.6. The van der Waals surface area contributed by atoms with Crippen LogP contribution in [0.5, 0.6) is 0 Å². The number of urea groups is 1. The van der Waals surface area contributed by atoms with Crippen LogP contribution in [0.2, 0.25) is 0 Å². The highest BCUT2D eigenvalue weighted by Gasteiger charge is 2.16. The number of anilines is 1. The molecule has 0 saturated carbocycles. The van der Waals surface area contributed by atoms with Crippen LogP contribution < -0.4 is 5.32 Å². The molecule has 0 saturated heterocycles. The van der Waals surface area contributed by atoms with Crippen LogP contribution >= 0.6 is 0 Å². The maximum atomic E-state index is 12.4. The van der Waals surface area contributed by atoms with Gasteiger partial charge >= 0.3 is 6.03 Å². The van der Waals surface area contributed by atoms with Crippen LogP contribution in [-0.4, -0.2) is 34.1 Å². The average Bonchev–Trinajstić information content (AvgIpc) is 2.55. The Morgan fingerprint density at radius 1 is 1.25 bits per heavy atom. The lowest BCUT2D eigenvalue weighted by molar-refractivity contribution is -0.385. The van der Waals surface area contributed by atoms with Crippen LogP contribution in [0.15, 0.2) is 48.5 Å². The Morgan fingerprint density at radius 2 is 1.96 bits per heavy atom. The third-order valence-corrected chi connectivity index (χ3v) is 3.52. The number of amides is 2. The molecule has 0 bridgehead atoms. The van der Waals surface area contributed by atoms with Gasteiger partial charge in [-0.05, 0) is 24.6 Å². The van der Waals surface area contributed by atoms with Crippen molar-refractivity contribution in [3.05, 3.63) is 69.8 Å². The summed E-state index contributed by atoms with van der Waals surface area (Å²) in [5.74, 6) is 0. The molecule has 0 atom stereocenters. The van der Waals surface area contributed by atoms with Crippen molar-refractivity contribution >= 4 is 17.4 Å². The molecule has 0 heterocycles. The molecule has 24 heavy (non-hydrogen) atoms. The number of hydrogen-bond donors (Lipinski definition) is 2. The molecule has 0 unspecified atom stereocenters. The zero-order valence-corrected chi connectivity index (χ0v) is 13.3. The number of aryl methyl sites for hydroxylation is 1. The molecule has 2 rings (SSSR count). The number of aliphatic hydroxyl groups excluding tert-OH is 1. The number of carbonyl (C=O) groups is 1. The van der Waals surface area contributed by atoms with Crippen molar-refractivity contribution in [1.82, 2.24) is 4.90 Å². The van der Waals surface area contributed by atoms with E-state index in [-0.39, 0.29) is 24.9 Å². The smallest absolute Gasteiger partial charge is 0.322 e. The average molecular weight is 329 g/mol. The van der Waals surface area contributed by atoms with Gasteiger partial charge in [-0.15, -0.1) is 0 Å². The Morgan fingerprint density at radius 3 is 2.54 bits per heavy atom. The maximum Gasteiger partial charge on any atom is 0.322 e. The molecule has 126 valence electrons. The van der Waals surface area contributed by atoms with Crippen molar-refractivity contribution < 1.29 is 14.8 Å². The van der Waals surface area contributed by atoms with Crippen molar-refractivity contribution in [2.45, 2.75) is 13.5 Å². The van der Waals surface area contributed by atoms with E-state index < -0.39 is 4.92 Å². The predicted octanol–water partition coefficient (Wildman–Crippen LogP) is 2.93. The van der Waals surface area contributed by atoms with Crippen LogP contribution in [0.4, 0.5) is 16.2 Å². The van der Waals surface area contributed by atoms with Crippen LogP contribution in [0.1, 0.15) is 11.1 Å². The summed E-state index contributed by atoms with van der Waals surface area (Å²) in [5, 5.41) is 22.7. The van der Waals surface area contributed by atoms with Gasteiger partial charge in [-0.2, -0.15) is 0 Å². The lowest BCUT2D eigenvalue weighted by atomic mass is 10.2. The number of hydrogen-bond acceptors (Lipinski definition) is 4. The van der Waals surface area contributed by atoms with E-state index in [9.17, 15) is 20.0 Å².